The Balaban J connectivity index is 1.56. The summed E-state index contributed by atoms with van der Waals surface area (Å²) in [6, 6.07) is 3.49. The molecule has 2 aromatic heterocycles. The maximum absolute atomic E-state index is 14.0. The van der Waals surface area contributed by atoms with Gasteiger partial charge in [0.2, 0.25) is 0 Å². The van der Waals surface area contributed by atoms with Crippen molar-refractivity contribution >= 4 is 27.5 Å². The van der Waals surface area contributed by atoms with E-state index in [2.05, 4.69) is 19.9 Å². The number of alkyl halides is 6. The Bertz CT molecular complexity index is 1680. The van der Waals surface area contributed by atoms with Gasteiger partial charge in [-0.3, -0.25) is 4.90 Å². The van der Waals surface area contributed by atoms with Crippen LogP contribution in [0.2, 0.25) is 0 Å². The Morgan fingerprint density at radius 1 is 1.18 bits per heavy atom. The van der Waals surface area contributed by atoms with Crippen molar-refractivity contribution in [3.05, 3.63) is 35.8 Å². The summed E-state index contributed by atoms with van der Waals surface area (Å²) in [7, 11) is -4.99. The van der Waals surface area contributed by atoms with Crippen LogP contribution in [0.1, 0.15) is 37.6 Å². The quantitative estimate of drug-likeness (QED) is 0.311. The molecule has 19 heteroatoms. The van der Waals surface area contributed by atoms with Crippen LogP contribution in [-0.2, 0) is 30.6 Å². The molecule has 2 N–H and O–H groups in total. The topological polar surface area (TPSA) is 145 Å². The Morgan fingerprint density at radius 2 is 1.86 bits per heavy atom. The van der Waals surface area contributed by atoms with Gasteiger partial charge in [0.05, 0.1) is 28.9 Å². The fourth-order valence-corrected chi connectivity index (χ4v) is 6.91. The Hall–Kier alpha value is -3.55. The first-order valence-corrected chi connectivity index (χ1v) is 14.7. The van der Waals surface area contributed by atoms with E-state index in [-0.39, 0.29) is 40.3 Å². The molecule has 5 rings (SSSR count). The number of rotatable bonds is 6. The van der Waals surface area contributed by atoms with Crippen LogP contribution in [0, 0.1) is 6.92 Å². The predicted molar refractivity (Wildman–Crippen MR) is 140 cm³/mol. The van der Waals surface area contributed by atoms with Crippen molar-refractivity contribution in [3.63, 3.8) is 0 Å². The van der Waals surface area contributed by atoms with Gasteiger partial charge in [0.25, 0.3) is 15.8 Å². The predicted octanol–water partition coefficient (Wildman–Crippen LogP) is 3.36. The largest absolute Gasteiger partial charge is 0.492 e. The number of fused-ring (bicyclic) bond motifs is 1. The van der Waals surface area contributed by atoms with Gasteiger partial charge in [-0.05, 0) is 55.3 Å². The van der Waals surface area contributed by atoms with Gasteiger partial charge < -0.3 is 15.3 Å². The Labute approximate surface area is 246 Å². The summed E-state index contributed by atoms with van der Waals surface area (Å²) in [6.07, 6.45) is -8.57. The van der Waals surface area contributed by atoms with Crippen molar-refractivity contribution < 1.29 is 49.1 Å². The number of carbonyl (C=O) groups is 1. The summed E-state index contributed by atoms with van der Waals surface area (Å²) in [4.78, 5) is 25.2. The van der Waals surface area contributed by atoms with E-state index in [1.807, 2.05) is 4.90 Å². The van der Waals surface area contributed by atoms with E-state index in [0.29, 0.717) is 31.9 Å². The molecule has 1 aromatic carbocycles. The van der Waals surface area contributed by atoms with Crippen LogP contribution in [0.5, 0.6) is 0 Å². The number of hydrogen-bond donors (Lipinski definition) is 1. The molecule has 0 bridgehead atoms. The molecule has 4 heterocycles. The van der Waals surface area contributed by atoms with Gasteiger partial charge in [-0.2, -0.15) is 26.3 Å². The lowest BCUT2D eigenvalue weighted by atomic mass is 9.90. The zero-order valence-electron chi connectivity index (χ0n) is 23.3. The van der Waals surface area contributed by atoms with Crippen molar-refractivity contribution in [2.24, 2.45) is 0 Å². The van der Waals surface area contributed by atoms with E-state index in [4.69, 9.17) is 10.5 Å². The number of hydrogen-bond acceptors (Lipinski definition) is 10. The number of piperidine rings is 1. The molecule has 240 valence electrons. The Morgan fingerprint density at radius 3 is 2.45 bits per heavy atom. The second-order valence-corrected chi connectivity index (χ2v) is 12.6. The summed E-state index contributed by atoms with van der Waals surface area (Å²) in [5.74, 6) is -4.89. The lowest BCUT2D eigenvalue weighted by molar-refractivity contribution is -0.236. The highest BCUT2D eigenvalue weighted by atomic mass is 32.2. The minimum Gasteiger partial charge on any atom is -0.380 e. The van der Waals surface area contributed by atoms with Crippen molar-refractivity contribution in [3.8, 4) is 11.3 Å². The van der Waals surface area contributed by atoms with Crippen LogP contribution in [0.3, 0.4) is 0 Å². The fourth-order valence-electron chi connectivity index (χ4n) is 5.28. The zero-order chi connectivity index (χ0) is 32.2. The van der Waals surface area contributed by atoms with Crippen molar-refractivity contribution in [1.82, 2.24) is 29.0 Å². The van der Waals surface area contributed by atoms with Crippen molar-refractivity contribution in [2.45, 2.75) is 61.9 Å². The molecular formula is C25H27F6N7O5S. The number of aromatic nitrogens is 4. The number of carbonyl (C=O) groups excluding carboxylic acids is 1. The van der Waals surface area contributed by atoms with Gasteiger partial charge in [-0.25, -0.2) is 27.7 Å². The number of benzene rings is 1. The zero-order valence-corrected chi connectivity index (χ0v) is 24.1. The number of hydroxylamine groups is 1. The number of aryl methyl sites for hydroxylation is 1. The summed E-state index contributed by atoms with van der Waals surface area (Å²) >= 11 is 0. The second-order valence-electron chi connectivity index (χ2n) is 10.8. The van der Waals surface area contributed by atoms with Gasteiger partial charge >= 0.3 is 18.3 Å². The van der Waals surface area contributed by atoms with E-state index in [1.165, 1.54) is 19.9 Å². The average Bonchev–Trinajstić information content (AvgIpc) is 3.62. The SMILES string of the molecule is Cc1ccc(S(=O)(=O)N(OC(=O)C(F)(F)F)C2(C)CCN(C3CCOC3)CC2)cc1-c1cnc2c(N)nc(C(F)(F)F)nn12. The molecule has 2 fully saturated rings. The highest BCUT2D eigenvalue weighted by Crippen LogP contribution is 2.38. The summed E-state index contributed by atoms with van der Waals surface area (Å²) < 4.78 is 114. The number of halogens is 6. The van der Waals surface area contributed by atoms with Crippen LogP contribution in [0.4, 0.5) is 32.2 Å². The van der Waals surface area contributed by atoms with Crippen LogP contribution in [0.25, 0.3) is 16.9 Å². The van der Waals surface area contributed by atoms with E-state index in [0.717, 1.165) is 29.3 Å². The number of nitrogens with two attached hydrogens (primary N) is 1. The third-order valence-corrected chi connectivity index (χ3v) is 9.58. The maximum Gasteiger partial charge on any atom is 0.492 e. The molecular weight excluding hydrogens is 624 g/mol. The number of nitrogens with zero attached hydrogens (tertiary/aromatic N) is 6. The third kappa shape index (κ3) is 5.92. The van der Waals surface area contributed by atoms with Gasteiger partial charge in [0.15, 0.2) is 11.5 Å². The standard InChI is InChI=1S/C25H27F6N7O5S/c1-14-3-4-16(11-17(14)18-12-33-20-19(32)34-21(24(26,27)28)35-37(18)20)44(40,41)38(43-22(39)25(29,30)31)23(2)6-8-36(9-7-23)15-5-10-42-13-15/h3-4,11-12,15H,5-10,13H2,1-2H3,(H2,32,34,35). The van der Waals surface area contributed by atoms with Gasteiger partial charge in [0.1, 0.15) is 0 Å². The molecule has 0 amide bonds. The highest BCUT2D eigenvalue weighted by Gasteiger charge is 2.51. The van der Waals surface area contributed by atoms with Gasteiger partial charge in [0, 0.05) is 31.3 Å². The molecule has 44 heavy (non-hydrogen) atoms. The molecule has 1 unspecified atom stereocenters. The molecule has 2 saturated heterocycles. The molecule has 0 saturated carbocycles. The number of sulfonamides is 1. The molecule has 0 aliphatic carbocycles. The lowest BCUT2D eigenvalue weighted by Gasteiger charge is -2.45. The summed E-state index contributed by atoms with van der Waals surface area (Å²) in [6.45, 7) is 4.52. The monoisotopic (exact) mass is 651 g/mol. The number of imidazole rings is 1. The molecule has 2 aliphatic heterocycles. The van der Waals surface area contributed by atoms with Gasteiger partial charge in [-0.1, -0.05) is 6.07 Å². The molecule has 2 aliphatic rings. The first-order valence-electron chi connectivity index (χ1n) is 13.3. The number of likely N-dealkylation sites (tertiary alicyclic amines) is 1. The molecule has 3 aromatic rings. The molecule has 1 atom stereocenters. The van der Waals surface area contributed by atoms with E-state index in [1.54, 1.807) is 0 Å². The van der Waals surface area contributed by atoms with E-state index >= 15 is 0 Å². The van der Waals surface area contributed by atoms with Crippen molar-refractivity contribution in [1.29, 1.82) is 0 Å². The number of ether oxygens (including phenoxy) is 1. The van der Waals surface area contributed by atoms with Crippen LogP contribution < -0.4 is 5.73 Å². The Kier molecular flexibility index (Phi) is 8.05. The third-order valence-electron chi connectivity index (χ3n) is 7.78. The van der Waals surface area contributed by atoms with Crippen LogP contribution >= 0.6 is 0 Å². The van der Waals surface area contributed by atoms with Gasteiger partial charge in [-0.15, -0.1) is 5.10 Å². The molecule has 0 radical (unpaired) electrons. The van der Waals surface area contributed by atoms with E-state index < -0.39 is 50.4 Å². The minimum absolute atomic E-state index is 0.0214. The molecule has 12 nitrogen and oxygen atoms in total. The fraction of sp³-hybridized carbons (Fsp3) is 0.520. The maximum atomic E-state index is 14.0. The smallest absolute Gasteiger partial charge is 0.380 e. The summed E-state index contributed by atoms with van der Waals surface area (Å²) in [5.41, 5.74) is 4.12. The first kappa shape index (κ1) is 31.9. The number of anilines is 1. The summed E-state index contributed by atoms with van der Waals surface area (Å²) in [5, 5.41) is 3.47. The minimum atomic E-state index is -5.50. The highest BCUT2D eigenvalue weighted by molar-refractivity contribution is 7.89. The lowest BCUT2D eigenvalue weighted by Crippen LogP contribution is -2.58. The molecule has 0 spiro atoms. The van der Waals surface area contributed by atoms with E-state index in [9.17, 15) is 39.6 Å². The number of nitrogen functional groups attached to an aromatic ring is 1. The average molecular weight is 652 g/mol. The van der Waals surface area contributed by atoms with Crippen LogP contribution in [0.15, 0.2) is 29.3 Å². The van der Waals surface area contributed by atoms with Crippen LogP contribution in [-0.4, -0.2) is 87.4 Å². The first-order chi connectivity index (χ1) is 20.4. The van der Waals surface area contributed by atoms with Crippen molar-refractivity contribution in [2.75, 3.05) is 32.0 Å². The normalized spacial score (nSPS) is 20.0. The second kappa shape index (κ2) is 11.1.